The molecule has 2 aromatic heterocycles. The van der Waals surface area contributed by atoms with Crippen LogP contribution in [0.5, 0.6) is 0 Å². The maximum Gasteiger partial charge on any atom is 0.325 e. The van der Waals surface area contributed by atoms with Gasteiger partial charge in [0.1, 0.15) is 5.52 Å². The Hall–Kier alpha value is -2.83. The minimum absolute atomic E-state index is 0.158. The molecule has 0 fully saturated rings. The summed E-state index contributed by atoms with van der Waals surface area (Å²) in [5.74, 6) is 0.427. The first-order chi connectivity index (χ1) is 10.9. The van der Waals surface area contributed by atoms with E-state index in [1.54, 1.807) is 29.7 Å². The number of imidazole rings is 1. The maximum absolute atomic E-state index is 12.1. The average molecular weight is 314 g/mol. The van der Waals surface area contributed by atoms with Gasteiger partial charge in [-0.3, -0.25) is 9.36 Å². The zero-order valence-electron chi connectivity index (χ0n) is 13.3. The van der Waals surface area contributed by atoms with E-state index in [9.17, 15) is 9.59 Å². The van der Waals surface area contributed by atoms with Gasteiger partial charge in [-0.2, -0.15) is 0 Å². The van der Waals surface area contributed by atoms with Crippen LogP contribution >= 0.6 is 0 Å². The Morgan fingerprint density at radius 3 is 2.83 bits per heavy atom. The highest BCUT2D eigenvalue weighted by Gasteiger charge is 2.10. The van der Waals surface area contributed by atoms with Gasteiger partial charge in [-0.25, -0.2) is 9.78 Å². The molecule has 0 aliphatic rings. The second-order valence-corrected chi connectivity index (χ2v) is 5.51. The van der Waals surface area contributed by atoms with Crippen LogP contribution in [0.2, 0.25) is 0 Å². The van der Waals surface area contributed by atoms with Gasteiger partial charge in [0.25, 0.3) is 0 Å². The van der Waals surface area contributed by atoms with E-state index in [0.29, 0.717) is 29.2 Å². The summed E-state index contributed by atoms with van der Waals surface area (Å²) >= 11 is 0. The van der Waals surface area contributed by atoms with Crippen LogP contribution < -0.4 is 11.0 Å². The van der Waals surface area contributed by atoms with E-state index in [0.717, 1.165) is 11.4 Å². The summed E-state index contributed by atoms with van der Waals surface area (Å²) in [6, 6.07) is 5.30. The standard InChI is InChI=1S/C16H18N4O3/c1-9-10(2)20(16(22)17-9)7-6-15(21)19-12-4-5-14-13(8-12)18-11(3)23-14/h4-5,8H,6-7H2,1-3H3,(H,17,22)(H,19,21). The largest absolute Gasteiger partial charge is 0.441 e. The van der Waals surface area contributed by atoms with E-state index in [2.05, 4.69) is 15.3 Å². The molecule has 120 valence electrons. The van der Waals surface area contributed by atoms with Crippen molar-refractivity contribution in [3.8, 4) is 0 Å². The van der Waals surface area contributed by atoms with Crippen molar-refractivity contribution in [1.82, 2.24) is 14.5 Å². The molecule has 1 aromatic carbocycles. The maximum atomic E-state index is 12.1. The zero-order valence-corrected chi connectivity index (χ0v) is 13.3. The van der Waals surface area contributed by atoms with Gasteiger partial charge in [0.2, 0.25) is 5.91 Å². The van der Waals surface area contributed by atoms with Crippen molar-refractivity contribution in [1.29, 1.82) is 0 Å². The highest BCUT2D eigenvalue weighted by Crippen LogP contribution is 2.19. The summed E-state index contributed by atoms with van der Waals surface area (Å²) in [4.78, 5) is 30.8. The van der Waals surface area contributed by atoms with Gasteiger partial charge in [-0.15, -0.1) is 0 Å². The Balaban J connectivity index is 1.67. The molecule has 0 spiro atoms. The first-order valence-corrected chi connectivity index (χ1v) is 7.37. The number of amides is 1. The second kappa shape index (κ2) is 5.75. The number of carbonyl (C=O) groups excluding carboxylic acids is 1. The third-order valence-corrected chi connectivity index (χ3v) is 3.83. The number of benzene rings is 1. The molecule has 1 amide bonds. The Labute approximate surface area is 132 Å². The Morgan fingerprint density at radius 2 is 2.13 bits per heavy atom. The molecule has 2 N–H and O–H groups in total. The molecule has 3 aromatic rings. The van der Waals surface area contributed by atoms with Gasteiger partial charge in [-0.1, -0.05) is 0 Å². The molecular formula is C16H18N4O3. The number of carbonyl (C=O) groups is 1. The van der Waals surface area contributed by atoms with Crippen molar-refractivity contribution >= 4 is 22.7 Å². The summed E-state index contributed by atoms with van der Waals surface area (Å²) in [7, 11) is 0. The quantitative estimate of drug-likeness (QED) is 0.772. The molecule has 0 aliphatic heterocycles. The van der Waals surface area contributed by atoms with Crippen LogP contribution in [0.4, 0.5) is 5.69 Å². The molecule has 23 heavy (non-hydrogen) atoms. The highest BCUT2D eigenvalue weighted by atomic mass is 16.3. The summed E-state index contributed by atoms with van der Waals surface area (Å²) < 4.78 is 6.97. The number of anilines is 1. The van der Waals surface area contributed by atoms with Gasteiger partial charge in [0, 0.05) is 37.0 Å². The predicted molar refractivity (Wildman–Crippen MR) is 86.5 cm³/mol. The lowest BCUT2D eigenvalue weighted by molar-refractivity contribution is -0.116. The van der Waals surface area contributed by atoms with Gasteiger partial charge < -0.3 is 14.7 Å². The van der Waals surface area contributed by atoms with Crippen molar-refractivity contribution < 1.29 is 9.21 Å². The molecule has 0 atom stereocenters. The summed E-state index contributed by atoms with van der Waals surface area (Å²) in [5, 5.41) is 2.81. The lowest BCUT2D eigenvalue weighted by Crippen LogP contribution is -2.22. The first-order valence-electron chi connectivity index (χ1n) is 7.37. The number of H-pyrrole nitrogens is 1. The van der Waals surface area contributed by atoms with E-state index < -0.39 is 0 Å². The molecule has 0 unspecified atom stereocenters. The fraction of sp³-hybridized carbons (Fsp3) is 0.312. The number of aryl methyl sites for hydroxylation is 2. The smallest absolute Gasteiger partial charge is 0.325 e. The Bertz CT molecular complexity index is 933. The Morgan fingerprint density at radius 1 is 1.35 bits per heavy atom. The van der Waals surface area contributed by atoms with Crippen LogP contribution in [0.15, 0.2) is 27.4 Å². The number of oxazole rings is 1. The first kappa shape index (κ1) is 15.1. The van der Waals surface area contributed by atoms with Crippen molar-refractivity contribution in [2.24, 2.45) is 0 Å². The van der Waals surface area contributed by atoms with E-state index in [4.69, 9.17) is 4.42 Å². The molecule has 7 nitrogen and oxygen atoms in total. The van der Waals surface area contributed by atoms with Gasteiger partial charge in [0.15, 0.2) is 11.5 Å². The van der Waals surface area contributed by atoms with Crippen molar-refractivity contribution in [3.63, 3.8) is 0 Å². The SMILES string of the molecule is Cc1nc2cc(NC(=O)CCn3c(C)c(C)[nH]c3=O)ccc2o1. The molecule has 0 saturated heterocycles. The molecular weight excluding hydrogens is 296 g/mol. The van der Waals surface area contributed by atoms with E-state index in [1.165, 1.54) is 0 Å². The number of hydrogen-bond donors (Lipinski definition) is 2. The number of nitrogens with zero attached hydrogens (tertiary/aromatic N) is 2. The number of nitrogens with one attached hydrogen (secondary N) is 2. The van der Waals surface area contributed by atoms with Crippen LogP contribution in [-0.4, -0.2) is 20.4 Å². The van der Waals surface area contributed by atoms with E-state index in [1.807, 2.05) is 13.8 Å². The monoisotopic (exact) mass is 314 g/mol. The van der Waals surface area contributed by atoms with Crippen molar-refractivity contribution in [3.05, 3.63) is 46.0 Å². The van der Waals surface area contributed by atoms with E-state index >= 15 is 0 Å². The summed E-state index contributed by atoms with van der Waals surface area (Å²) in [6.45, 7) is 5.80. The third kappa shape index (κ3) is 3.03. The lowest BCUT2D eigenvalue weighted by atomic mass is 10.2. The number of hydrogen-bond acceptors (Lipinski definition) is 4. The normalized spacial score (nSPS) is 11.1. The number of fused-ring (bicyclic) bond motifs is 1. The summed E-state index contributed by atoms with van der Waals surface area (Å²) in [5.41, 5.74) is 3.53. The third-order valence-electron chi connectivity index (χ3n) is 3.83. The number of aromatic nitrogens is 3. The second-order valence-electron chi connectivity index (χ2n) is 5.51. The number of aromatic amines is 1. The van der Waals surface area contributed by atoms with Crippen LogP contribution in [0.3, 0.4) is 0 Å². The molecule has 0 aliphatic carbocycles. The van der Waals surface area contributed by atoms with Gasteiger partial charge in [0.05, 0.1) is 0 Å². The molecule has 0 saturated carbocycles. The molecule has 0 bridgehead atoms. The van der Waals surface area contributed by atoms with Crippen molar-refractivity contribution in [2.45, 2.75) is 33.7 Å². The summed E-state index contributed by atoms with van der Waals surface area (Å²) in [6.07, 6.45) is 0.216. The fourth-order valence-electron chi connectivity index (χ4n) is 2.50. The number of rotatable bonds is 4. The van der Waals surface area contributed by atoms with Crippen LogP contribution in [0.25, 0.3) is 11.1 Å². The topological polar surface area (TPSA) is 92.9 Å². The fourth-order valence-corrected chi connectivity index (χ4v) is 2.50. The average Bonchev–Trinajstić information content (AvgIpc) is 2.96. The minimum atomic E-state index is -0.188. The van der Waals surface area contributed by atoms with Gasteiger partial charge in [-0.05, 0) is 32.0 Å². The minimum Gasteiger partial charge on any atom is -0.441 e. The van der Waals surface area contributed by atoms with Crippen LogP contribution in [0.1, 0.15) is 23.7 Å². The van der Waals surface area contributed by atoms with E-state index in [-0.39, 0.29) is 18.0 Å². The highest BCUT2D eigenvalue weighted by molar-refractivity contribution is 5.92. The van der Waals surface area contributed by atoms with Crippen LogP contribution in [-0.2, 0) is 11.3 Å². The predicted octanol–water partition coefficient (Wildman–Crippen LogP) is 2.27. The molecule has 0 radical (unpaired) electrons. The van der Waals surface area contributed by atoms with Gasteiger partial charge >= 0.3 is 5.69 Å². The van der Waals surface area contributed by atoms with Crippen molar-refractivity contribution in [2.75, 3.05) is 5.32 Å². The van der Waals surface area contributed by atoms with Crippen LogP contribution in [0, 0.1) is 20.8 Å². The lowest BCUT2D eigenvalue weighted by Gasteiger charge is -2.06. The Kier molecular flexibility index (Phi) is 3.77. The molecule has 7 heteroatoms. The molecule has 2 heterocycles. The molecule has 3 rings (SSSR count). The zero-order chi connectivity index (χ0) is 16.6.